The van der Waals surface area contributed by atoms with Gasteiger partial charge in [-0.3, -0.25) is 0 Å². The summed E-state index contributed by atoms with van der Waals surface area (Å²) in [5.74, 6) is 0. The summed E-state index contributed by atoms with van der Waals surface area (Å²) in [5, 5.41) is 7.51. The van der Waals surface area contributed by atoms with Crippen LogP contribution in [0.3, 0.4) is 0 Å². The van der Waals surface area contributed by atoms with Crippen LogP contribution in [0.5, 0.6) is 0 Å². The summed E-state index contributed by atoms with van der Waals surface area (Å²) in [5.41, 5.74) is 1.21. The van der Waals surface area contributed by atoms with Crippen LogP contribution >= 0.6 is 0 Å². The Morgan fingerprint density at radius 2 is 1.62 bits per heavy atom. The Bertz CT molecular complexity index is 391. The van der Waals surface area contributed by atoms with Crippen molar-refractivity contribution in [3.05, 3.63) is 79.4 Å². The van der Waals surface area contributed by atoms with Gasteiger partial charge in [0.15, 0.2) is 0 Å². The third kappa shape index (κ3) is 8.28. The normalized spacial score (nSPS) is 9.19. The molecule has 0 saturated heterocycles. The quantitative estimate of drug-likeness (QED) is 0.542. The molecule has 0 bridgehead atoms. The van der Waals surface area contributed by atoms with E-state index in [9.17, 15) is 0 Å². The lowest BCUT2D eigenvalue weighted by atomic mass is 10.2. The first-order valence-electron chi connectivity index (χ1n) is 4.86. The Labute approximate surface area is 97.4 Å². The van der Waals surface area contributed by atoms with Gasteiger partial charge in [0.2, 0.25) is 0 Å². The van der Waals surface area contributed by atoms with Crippen molar-refractivity contribution in [2.75, 3.05) is 0 Å². The van der Waals surface area contributed by atoms with E-state index >= 15 is 0 Å². The SMILES string of the molecule is C=CC#N.C=CC=CC=Cc1ccccc1. The molecule has 0 aliphatic heterocycles. The van der Waals surface area contributed by atoms with Crippen molar-refractivity contribution in [3.63, 3.8) is 0 Å². The molecule has 1 aromatic carbocycles. The van der Waals surface area contributed by atoms with E-state index in [1.807, 2.05) is 36.4 Å². The molecule has 0 spiro atoms. The van der Waals surface area contributed by atoms with Crippen LogP contribution in [0.15, 0.2) is 73.9 Å². The molecule has 0 fully saturated rings. The fourth-order valence-electron chi connectivity index (χ4n) is 0.874. The molecule has 1 nitrogen and oxygen atoms in total. The predicted molar refractivity (Wildman–Crippen MR) is 70.6 cm³/mol. The zero-order valence-electron chi connectivity index (χ0n) is 9.21. The second-order valence-corrected chi connectivity index (χ2v) is 2.72. The molecule has 0 saturated carbocycles. The maximum atomic E-state index is 7.51. The van der Waals surface area contributed by atoms with Gasteiger partial charge in [0.25, 0.3) is 0 Å². The number of hydrogen-bond donors (Lipinski definition) is 0. The Balaban J connectivity index is 0.000000487. The minimum absolute atomic E-state index is 1.18. The van der Waals surface area contributed by atoms with E-state index < -0.39 is 0 Å². The van der Waals surface area contributed by atoms with E-state index in [-0.39, 0.29) is 0 Å². The van der Waals surface area contributed by atoms with E-state index in [2.05, 4.69) is 31.4 Å². The van der Waals surface area contributed by atoms with Crippen LogP contribution in [0.2, 0.25) is 0 Å². The van der Waals surface area contributed by atoms with Crippen LogP contribution < -0.4 is 0 Å². The lowest BCUT2D eigenvalue weighted by Crippen LogP contribution is -1.66. The highest BCUT2D eigenvalue weighted by Crippen LogP contribution is 2.00. The van der Waals surface area contributed by atoms with E-state index in [0.29, 0.717) is 0 Å². The molecule has 0 atom stereocenters. The first kappa shape index (κ1) is 13.7. The van der Waals surface area contributed by atoms with Crippen LogP contribution in [0, 0.1) is 11.3 Å². The summed E-state index contributed by atoms with van der Waals surface area (Å²) in [7, 11) is 0. The summed E-state index contributed by atoms with van der Waals surface area (Å²) in [6, 6.07) is 11.9. The molecule has 0 amide bonds. The zero-order chi connectivity index (χ0) is 12.1. The molecule has 0 aliphatic rings. The van der Waals surface area contributed by atoms with Gasteiger partial charge in [-0.1, -0.05) is 73.9 Å². The van der Waals surface area contributed by atoms with Crippen molar-refractivity contribution < 1.29 is 0 Å². The van der Waals surface area contributed by atoms with Gasteiger partial charge in [0.05, 0.1) is 6.07 Å². The molecule has 16 heavy (non-hydrogen) atoms. The van der Waals surface area contributed by atoms with Gasteiger partial charge in [-0.2, -0.15) is 5.26 Å². The fraction of sp³-hybridized carbons (Fsp3) is 0. The highest BCUT2D eigenvalue weighted by atomic mass is 14.2. The Morgan fingerprint density at radius 1 is 1.00 bits per heavy atom. The average Bonchev–Trinajstić information content (AvgIpc) is 2.36. The molecule has 0 aliphatic carbocycles. The molecule has 0 radical (unpaired) electrons. The number of allylic oxidation sites excluding steroid dienone is 5. The van der Waals surface area contributed by atoms with E-state index in [4.69, 9.17) is 5.26 Å². The van der Waals surface area contributed by atoms with Crippen LogP contribution in [0.1, 0.15) is 5.56 Å². The van der Waals surface area contributed by atoms with Crippen molar-refractivity contribution in [2.24, 2.45) is 0 Å². The van der Waals surface area contributed by atoms with Crippen molar-refractivity contribution >= 4 is 6.08 Å². The van der Waals surface area contributed by atoms with Gasteiger partial charge in [-0.05, 0) is 5.56 Å². The predicted octanol–water partition coefficient (Wildman–Crippen LogP) is 4.14. The molecule has 0 N–H and O–H groups in total. The average molecular weight is 209 g/mol. The molecule has 0 unspecified atom stereocenters. The van der Waals surface area contributed by atoms with Gasteiger partial charge in [0.1, 0.15) is 0 Å². The molecule has 0 aromatic heterocycles. The number of hydrogen-bond acceptors (Lipinski definition) is 1. The summed E-state index contributed by atoms with van der Waals surface area (Å²) >= 11 is 0. The van der Waals surface area contributed by atoms with Crippen molar-refractivity contribution in [1.82, 2.24) is 0 Å². The van der Waals surface area contributed by atoms with E-state index in [1.54, 1.807) is 12.1 Å². The fourth-order valence-corrected chi connectivity index (χ4v) is 0.874. The Morgan fingerprint density at radius 3 is 2.12 bits per heavy atom. The highest BCUT2D eigenvalue weighted by molar-refractivity contribution is 5.50. The minimum Gasteiger partial charge on any atom is -0.193 e. The van der Waals surface area contributed by atoms with Crippen LogP contribution in [-0.4, -0.2) is 0 Å². The number of rotatable bonds is 3. The Hall–Kier alpha value is -2.33. The molecule has 1 rings (SSSR count). The van der Waals surface area contributed by atoms with Crippen LogP contribution in [-0.2, 0) is 0 Å². The number of nitrogens with zero attached hydrogens (tertiary/aromatic N) is 1. The van der Waals surface area contributed by atoms with Crippen molar-refractivity contribution in [1.29, 1.82) is 5.26 Å². The lowest BCUT2D eigenvalue weighted by molar-refractivity contribution is 1.54. The first-order valence-corrected chi connectivity index (χ1v) is 4.86. The topological polar surface area (TPSA) is 23.8 Å². The lowest BCUT2D eigenvalue weighted by Gasteiger charge is -1.87. The minimum atomic E-state index is 1.18. The van der Waals surface area contributed by atoms with Gasteiger partial charge in [0, 0.05) is 6.08 Å². The monoisotopic (exact) mass is 209 g/mol. The zero-order valence-corrected chi connectivity index (χ0v) is 9.21. The highest BCUT2D eigenvalue weighted by Gasteiger charge is 1.78. The molecule has 1 heteroatoms. The molecule has 0 heterocycles. The molecule has 1 aromatic rings. The number of benzene rings is 1. The maximum Gasteiger partial charge on any atom is 0.0905 e. The second-order valence-electron chi connectivity index (χ2n) is 2.72. The first-order chi connectivity index (χ1) is 7.85. The molecular formula is C15H15N. The molecule has 80 valence electrons. The van der Waals surface area contributed by atoms with Crippen molar-refractivity contribution in [2.45, 2.75) is 0 Å². The van der Waals surface area contributed by atoms with E-state index in [1.165, 1.54) is 11.6 Å². The van der Waals surface area contributed by atoms with Gasteiger partial charge in [-0.15, -0.1) is 0 Å². The summed E-state index contributed by atoms with van der Waals surface area (Å²) in [4.78, 5) is 0. The standard InChI is InChI=1S/C12H12.C3H3N/c1-2-3-4-6-9-12-10-7-5-8-11-12;1-2-3-4/h2-11H,1H2;2H,1H2. The number of nitriles is 1. The summed E-state index contributed by atoms with van der Waals surface area (Å²) in [6.45, 7) is 6.70. The van der Waals surface area contributed by atoms with E-state index in [0.717, 1.165) is 0 Å². The maximum absolute atomic E-state index is 7.51. The second kappa shape index (κ2) is 10.7. The third-order valence-corrected chi connectivity index (χ3v) is 1.54. The largest absolute Gasteiger partial charge is 0.193 e. The van der Waals surface area contributed by atoms with Crippen LogP contribution in [0.25, 0.3) is 6.08 Å². The Kier molecular flexibility index (Phi) is 9.18. The van der Waals surface area contributed by atoms with Crippen molar-refractivity contribution in [3.8, 4) is 6.07 Å². The smallest absolute Gasteiger partial charge is 0.0905 e. The van der Waals surface area contributed by atoms with Crippen LogP contribution in [0.4, 0.5) is 0 Å². The third-order valence-electron chi connectivity index (χ3n) is 1.54. The molecular weight excluding hydrogens is 194 g/mol. The summed E-state index contributed by atoms with van der Waals surface area (Å²) < 4.78 is 0. The van der Waals surface area contributed by atoms with Gasteiger partial charge in [-0.25, -0.2) is 0 Å². The van der Waals surface area contributed by atoms with Gasteiger partial charge >= 0.3 is 0 Å². The van der Waals surface area contributed by atoms with Gasteiger partial charge < -0.3 is 0 Å². The summed E-state index contributed by atoms with van der Waals surface area (Å²) in [6.07, 6.45) is 10.9.